The molecule has 0 radical (unpaired) electrons. The van der Waals surface area contributed by atoms with Gasteiger partial charge in [0.05, 0.1) is 0 Å². The molecule has 0 aliphatic rings. The molecule has 0 spiro atoms. The Bertz CT molecular complexity index is 1370. The SMILES string of the molecule is CC/C=C\C/C=C\C/C=C\C/C=C\CCCCC(=O)OCC(COC(=O)CCCCCCCC/C=C\C/C=C\C/C=C\CCCCC)OC(=O)CCCCCCCCCCCCCCCCCCCCC. The van der Waals surface area contributed by atoms with Crippen LogP contribution < -0.4 is 0 Å². The Morgan fingerprint density at radius 1 is 0.296 bits per heavy atom. The third-order valence-electron chi connectivity index (χ3n) is 12.9. The topological polar surface area (TPSA) is 78.9 Å². The molecule has 0 N–H and O–H groups in total. The molecule has 71 heavy (non-hydrogen) atoms. The third kappa shape index (κ3) is 57.4. The van der Waals surface area contributed by atoms with E-state index in [0.717, 1.165) is 103 Å². The van der Waals surface area contributed by atoms with Gasteiger partial charge in [0.15, 0.2) is 6.10 Å². The Labute approximate surface area is 439 Å². The fourth-order valence-corrected chi connectivity index (χ4v) is 8.38. The highest BCUT2D eigenvalue weighted by Gasteiger charge is 2.19. The quantitative estimate of drug-likeness (QED) is 0.0261. The van der Waals surface area contributed by atoms with Crippen LogP contribution in [0, 0.1) is 0 Å². The molecule has 1 atom stereocenters. The lowest BCUT2D eigenvalue weighted by Crippen LogP contribution is -2.30. The van der Waals surface area contributed by atoms with Crippen molar-refractivity contribution >= 4 is 17.9 Å². The highest BCUT2D eigenvalue weighted by atomic mass is 16.6. The van der Waals surface area contributed by atoms with Crippen molar-refractivity contribution in [3.63, 3.8) is 0 Å². The highest BCUT2D eigenvalue weighted by molar-refractivity contribution is 5.71. The molecule has 408 valence electrons. The van der Waals surface area contributed by atoms with E-state index in [1.165, 1.54) is 148 Å². The highest BCUT2D eigenvalue weighted by Crippen LogP contribution is 2.16. The van der Waals surface area contributed by atoms with Crippen LogP contribution in [0.4, 0.5) is 0 Å². The maximum Gasteiger partial charge on any atom is 0.306 e. The first kappa shape index (κ1) is 67.6. The first-order valence-corrected chi connectivity index (χ1v) is 30.1. The van der Waals surface area contributed by atoms with Gasteiger partial charge in [-0.1, -0.05) is 260 Å². The van der Waals surface area contributed by atoms with Crippen LogP contribution in [0.5, 0.6) is 0 Å². The van der Waals surface area contributed by atoms with E-state index in [1.54, 1.807) is 0 Å². The summed E-state index contributed by atoms with van der Waals surface area (Å²) in [6.45, 7) is 6.48. The number of carbonyl (C=O) groups excluding carboxylic acids is 3. The molecule has 6 nitrogen and oxygen atoms in total. The molecule has 0 bridgehead atoms. The third-order valence-corrected chi connectivity index (χ3v) is 12.9. The van der Waals surface area contributed by atoms with Gasteiger partial charge in [0.2, 0.25) is 0 Å². The normalized spacial score (nSPS) is 12.7. The Morgan fingerprint density at radius 3 is 0.915 bits per heavy atom. The van der Waals surface area contributed by atoms with Crippen molar-refractivity contribution < 1.29 is 28.6 Å². The van der Waals surface area contributed by atoms with E-state index in [2.05, 4.69) is 106 Å². The van der Waals surface area contributed by atoms with Crippen molar-refractivity contribution in [2.24, 2.45) is 0 Å². The summed E-state index contributed by atoms with van der Waals surface area (Å²) in [4.78, 5) is 38.2. The average Bonchev–Trinajstić information content (AvgIpc) is 3.37. The molecular weight excluding hydrogens is 877 g/mol. The van der Waals surface area contributed by atoms with Crippen LogP contribution >= 0.6 is 0 Å². The first-order chi connectivity index (χ1) is 35.0. The molecule has 6 heteroatoms. The number of unbranched alkanes of at least 4 members (excludes halogenated alkanes) is 29. The summed E-state index contributed by atoms with van der Waals surface area (Å²) in [5.41, 5.74) is 0. The Kier molecular flexibility index (Phi) is 56.3. The zero-order valence-electron chi connectivity index (χ0n) is 46.7. The van der Waals surface area contributed by atoms with Crippen LogP contribution in [0.15, 0.2) is 85.1 Å². The standard InChI is InChI=1S/C65H112O6/c1-4-7-10-13-16-19-22-25-28-30-32-34-37-40-43-46-49-52-55-58-64(67)70-61-62(60-69-63(66)57-54-51-48-45-42-39-36-27-24-21-18-15-12-9-6-3)71-65(68)59-56-53-50-47-44-41-38-35-33-31-29-26-23-20-17-14-11-8-5-2/h9,12,16,18-19,21,25,27-28,32,34,36,42,45,62H,4-8,10-11,13-15,17,20,22-24,26,29-31,33,35,37-41,43-44,46-61H2,1-3H3/b12-9-,19-16-,21-18-,28-25-,34-32-,36-27-,45-42-. The second kappa shape index (κ2) is 59.2. The Balaban J connectivity index is 4.43. The average molecular weight is 990 g/mol. The van der Waals surface area contributed by atoms with Gasteiger partial charge in [-0.3, -0.25) is 14.4 Å². The van der Waals surface area contributed by atoms with E-state index in [4.69, 9.17) is 14.2 Å². The van der Waals surface area contributed by atoms with Crippen molar-refractivity contribution in [2.75, 3.05) is 13.2 Å². The molecule has 1 unspecified atom stereocenters. The summed E-state index contributed by atoms with van der Waals surface area (Å²) < 4.78 is 16.9. The van der Waals surface area contributed by atoms with Crippen LogP contribution in [0.2, 0.25) is 0 Å². The minimum Gasteiger partial charge on any atom is -0.462 e. The number of esters is 3. The van der Waals surface area contributed by atoms with Crippen molar-refractivity contribution in [1.29, 1.82) is 0 Å². The molecule has 0 saturated heterocycles. The fraction of sp³-hybridized carbons (Fsp3) is 0.738. The lowest BCUT2D eigenvalue weighted by molar-refractivity contribution is -0.167. The second-order valence-corrected chi connectivity index (χ2v) is 19.9. The van der Waals surface area contributed by atoms with Crippen molar-refractivity contribution in [2.45, 2.75) is 297 Å². The molecule has 0 heterocycles. The molecule has 0 aliphatic carbocycles. The molecule has 0 aromatic carbocycles. The summed E-state index contributed by atoms with van der Waals surface area (Å²) in [7, 11) is 0. The lowest BCUT2D eigenvalue weighted by atomic mass is 10.0. The summed E-state index contributed by atoms with van der Waals surface area (Å²) >= 11 is 0. The number of hydrogen-bond donors (Lipinski definition) is 0. The van der Waals surface area contributed by atoms with Gasteiger partial charge in [-0.2, -0.15) is 0 Å². The number of allylic oxidation sites excluding steroid dienone is 14. The molecule has 0 saturated carbocycles. The van der Waals surface area contributed by atoms with Crippen LogP contribution in [0.25, 0.3) is 0 Å². The van der Waals surface area contributed by atoms with Gasteiger partial charge in [-0.25, -0.2) is 0 Å². The van der Waals surface area contributed by atoms with Crippen molar-refractivity contribution in [3.8, 4) is 0 Å². The maximum absolute atomic E-state index is 12.9. The van der Waals surface area contributed by atoms with Gasteiger partial charge in [0.25, 0.3) is 0 Å². The van der Waals surface area contributed by atoms with Crippen molar-refractivity contribution in [3.05, 3.63) is 85.1 Å². The van der Waals surface area contributed by atoms with Gasteiger partial charge in [0, 0.05) is 19.3 Å². The maximum atomic E-state index is 12.9. The number of ether oxygens (including phenoxy) is 3. The molecule has 0 aliphatic heterocycles. The molecule has 0 fully saturated rings. The lowest BCUT2D eigenvalue weighted by Gasteiger charge is -2.18. The van der Waals surface area contributed by atoms with Crippen LogP contribution in [-0.4, -0.2) is 37.2 Å². The molecule has 0 rings (SSSR count). The largest absolute Gasteiger partial charge is 0.462 e. The summed E-state index contributed by atoms with van der Waals surface area (Å²) in [5, 5.41) is 0. The predicted molar refractivity (Wildman–Crippen MR) is 307 cm³/mol. The summed E-state index contributed by atoms with van der Waals surface area (Å²) in [6.07, 6.45) is 77.2. The van der Waals surface area contributed by atoms with Gasteiger partial charge in [-0.15, -0.1) is 0 Å². The van der Waals surface area contributed by atoms with Crippen LogP contribution in [-0.2, 0) is 28.6 Å². The van der Waals surface area contributed by atoms with Crippen LogP contribution in [0.3, 0.4) is 0 Å². The fourth-order valence-electron chi connectivity index (χ4n) is 8.38. The van der Waals surface area contributed by atoms with E-state index in [9.17, 15) is 14.4 Å². The van der Waals surface area contributed by atoms with E-state index in [0.29, 0.717) is 19.3 Å². The molecule has 0 aromatic heterocycles. The van der Waals surface area contributed by atoms with Gasteiger partial charge >= 0.3 is 17.9 Å². The van der Waals surface area contributed by atoms with E-state index < -0.39 is 6.10 Å². The van der Waals surface area contributed by atoms with Crippen molar-refractivity contribution in [1.82, 2.24) is 0 Å². The number of carbonyl (C=O) groups is 3. The number of rotatable bonds is 54. The van der Waals surface area contributed by atoms with Gasteiger partial charge < -0.3 is 14.2 Å². The van der Waals surface area contributed by atoms with Gasteiger partial charge in [0.1, 0.15) is 13.2 Å². The summed E-state index contributed by atoms with van der Waals surface area (Å²) in [6, 6.07) is 0. The molecular formula is C65H112O6. The van der Waals surface area contributed by atoms with Crippen LogP contribution in [0.1, 0.15) is 290 Å². The smallest absolute Gasteiger partial charge is 0.306 e. The van der Waals surface area contributed by atoms with E-state index >= 15 is 0 Å². The molecule has 0 aromatic rings. The monoisotopic (exact) mass is 989 g/mol. The zero-order chi connectivity index (χ0) is 51.4. The second-order valence-electron chi connectivity index (χ2n) is 19.9. The summed E-state index contributed by atoms with van der Waals surface area (Å²) in [5.74, 6) is -0.938. The Hall–Kier alpha value is -3.41. The van der Waals surface area contributed by atoms with E-state index in [1.807, 2.05) is 0 Å². The minimum absolute atomic E-state index is 0.0949. The number of hydrogen-bond acceptors (Lipinski definition) is 6. The minimum atomic E-state index is -0.799. The molecule has 0 amide bonds. The zero-order valence-corrected chi connectivity index (χ0v) is 46.7. The Morgan fingerprint density at radius 2 is 0.549 bits per heavy atom. The van der Waals surface area contributed by atoms with E-state index in [-0.39, 0.29) is 31.1 Å². The van der Waals surface area contributed by atoms with Gasteiger partial charge in [-0.05, 0) is 96.3 Å². The first-order valence-electron chi connectivity index (χ1n) is 30.1. The predicted octanol–water partition coefficient (Wildman–Crippen LogP) is 20.3.